The molecule has 0 spiro atoms. The topological polar surface area (TPSA) is 62.2 Å². The molecule has 106 valence electrons. The molecule has 0 aliphatic carbocycles. The first-order valence-electron chi connectivity index (χ1n) is 7.02. The van der Waals surface area contributed by atoms with Crippen molar-refractivity contribution in [2.24, 2.45) is 5.92 Å². The smallest absolute Gasteiger partial charge is 0.339 e. The number of nitrogens with one attached hydrogen (secondary N) is 1. The first kappa shape index (κ1) is 15.5. The fourth-order valence-electron chi connectivity index (χ4n) is 2.07. The van der Waals surface area contributed by atoms with E-state index in [1.165, 1.54) is 25.5 Å². The maximum atomic E-state index is 11.1. The van der Waals surface area contributed by atoms with Gasteiger partial charge in [0.2, 0.25) is 0 Å². The first-order valence-corrected chi connectivity index (χ1v) is 7.02. The summed E-state index contributed by atoms with van der Waals surface area (Å²) >= 11 is 0. The Morgan fingerprint density at radius 1 is 1.47 bits per heavy atom. The normalized spacial score (nSPS) is 12.2. The van der Waals surface area contributed by atoms with Gasteiger partial charge in [0, 0.05) is 18.4 Å². The predicted octanol–water partition coefficient (Wildman–Crippen LogP) is 3.72. The summed E-state index contributed by atoms with van der Waals surface area (Å²) < 4.78 is 0. The van der Waals surface area contributed by atoms with E-state index in [1.807, 2.05) is 6.92 Å². The molecule has 0 aromatic carbocycles. The summed E-state index contributed by atoms with van der Waals surface area (Å²) in [5.74, 6) is -0.341. The molecule has 19 heavy (non-hydrogen) atoms. The number of unbranched alkanes of at least 4 members (excludes halogenated alkanes) is 1. The highest BCUT2D eigenvalue weighted by molar-refractivity contribution is 5.93. The Morgan fingerprint density at radius 2 is 2.21 bits per heavy atom. The van der Waals surface area contributed by atoms with E-state index in [-0.39, 0.29) is 5.56 Å². The Bertz CT molecular complexity index is 419. The summed E-state index contributed by atoms with van der Waals surface area (Å²) in [6, 6.07) is 1.80. The minimum Gasteiger partial charge on any atom is -0.478 e. The molecule has 4 heteroatoms. The second kappa shape index (κ2) is 7.77. The molecule has 0 saturated heterocycles. The molecule has 0 fully saturated rings. The summed E-state index contributed by atoms with van der Waals surface area (Å²) in [6.07, 6.45) is 6.14. The first-order chi connectivity index (χ1) is 9.08. The van der Waals surface area contributed by atoms with Crippen molar-refractivity contribution in [1.29, 1.82) is 0 Å². The van der Waals surface area contributed by atoms with Crippen LogP contribution in [-0.2, 0) is 0 Å². The lowest BCUT2D eigenvalue weighted by atomic mass is 9.99. The molecule has 1 aromatic heterocycles. The maximum absolute atomic E-state index is 11.1. The van der Waals surface area contributed by atoms with Crippen molar-refractivity contribution < 1.29 is 9.90 Å². The molecule has 1 atom stereocenters. The Balaban J connectivity index is 2.70. The van der Waals surface area contributed by atoms with Crippen molar-refractivity contribution in [1.82, 2.24) is 4.98 Å². The number of nitrogens with zero attached hydrogens (tertiary/aromatic N) is 1. The van der Waals surface area contributed by atoms with E-state index in [0.29, 0.717) is 11.6 Å². The number of rotatable bonds is 8. The number of anilines is 1. The van der Waals surface area contributed by atoms with E-state index in [0.717, 1.165) is 18.7 Å². The van der Waals surface area contributed by atoms with Crippen molar-refractivity contribution in [3.8, 4) is 0 Å². The Labute approximate surface area is 115 Å². The van der Waals surface area contributed by atoms with Crippen molar-refractivity contribution in [2.75, 3.05) is 11.9 Å². The second-order valence-corrected chi connectivity index (χ2v) is 4.97. The summed E-state index contributed by atoms with van der Waals surface area (Å²) in [5, 5.41) is 12.4. The molecule has 1 aromatic rings. The fraction of sp³-hybridized carbons (Fsp3) is 0.600. The predicted molar refractivity (Wildman–Crippen MR) is 77.7 cm³/mol. The van der Waals surface area contributed by atoms with E-state index in [2.05, 4.69) is 24.1 Å². The van der Waals surface area contributed by atoms with E-state index in [9.17, 15) is 4.79 Å². The van der Waals surface area contributed by atoms with E-state index in [4.69, 9.17) is 5.11 Å². The number of aromatic carboxylic acids is 1. The molecular formula is C15H24N2O2. The molecule has 4 nitrogen and oxygen atoms in total. The van der Waals surface area contributed by atoms with Gasteiger partial charge >= 0.3 is 5.97 Å². The Morgan fingerprint density at radius 3 is 2.79 bits per heavy atom. The van der Waals surface area contributed by atoms with E-state index in [1.54, 1.807) is 6.07 Å². The molecule has 1 heterocycles. The lowest BCUT2D eigenvalue weighted by Crippen LogP contribution is -2.16. The van der Waals surface area contributed by atoms with Crippen LogP contribution in [0.4, 0.5) is 5.69 Å². The number of carbonyl (C=O) groups is 1. The van der Waals surface area contributed by atoms with Gasteiger partial charge in [-0.1, -0.05) is 33.1 Å². The van der Waals surface area contributed by atoms with Gasteiger partial charge in [-0.15, -0.1) is 0 Å². The fourth-order valence-corrected chi connectivity index (χ4v) is 2.07. The highest BCUT2D eigenvalue weighted by atomic mass is 16.4. The standard InChI is InChI=1S/C15H24N2O2/c1-4-6-7-12(5-2)9-17-14-8-11(3)16-10-13(14)15(18)19/h8,10,12H,4-7,9H2,1-3H3,(H,16,17)(H,18,19). The minimum atomic E-state index is -0.934. The van der Waals surface area contributed by atoms with Gasteiger partial charge in [-0.3, -0.25) is 4.98 Å². The van der Waals surface area contributed by atoms with Gasteiger partial charge in [-0.25, -0.2) is 4.79 Å². The van der Waals surface area contributed by atoms with E-state index < -0.39 is 5.97 Å². The third-order valence-electron chi connectivity index (χ3n) is 3.40. The van der Waals surface area contributed by atoms with Crippen LogP contribution >= 0.6 is 0 Å². The van der Waals surface area contributed by atoms with Gasteiger partial charge in [0.1, 0.15) is 5.56 Å². The quantitative estimate of drug-likeness (QED) is 0.751. The van der Waals surface area contributed by atoms with Crippen LogP contribution in [0.2, 0.25) is 0 Å². The van der Waals surface area contributed by atoms with Crippen LogP contribution in [0.3, 0.4) is 0 Å². The number of hydrogen-bond donors (Lipinski definition) is 2. The Kier molecular flexibility index (Phi) is 6.33. The third-order valence-corrected chi connectivity index (χ3v) is 3.40. The second-order valence-electron chi connectivity index (χ2n) is 4.97. The third kappa shape index (κ3) is 4.89. The van der Waals surface area contributed by atoms with Gasteiger partial charge in [0.25, 0.3) is 0 Å². The van der Waals surface area contributed by atoms with Crippen LogP contribution < -0.4 is 5.32 Å². The summed E-state index contributed by atoms with van der Waals surface area (Å²) in [6.45, 7) is 7.05. The molecule has 0 aliphatic rings. The average Bonchev–Trinajstić information content (AvgIpc) is 2.38. The minimum absolute atomic E-state index is 0.246. The summed E-state index contributed by atoms with van der Waals surface area (Å²) in [4.78, 5) is 15.2. The zero-order valence-corrected chi connectivity index (χ0v) is 12.1. The van der Waals surface area contributed by atoms with Gasteiger partial charge in [0.05, 0.1) is 5.69 Å². The lowest BCUT2D eigenvalue weighted by molar-refractivity contribution is 0.0697. The molecule has 0 saturated carbocycles. The number of pyridine rings is 1. The monoisotopic (exact) mass is 264 g/mol. The van der Waals surface area contributed by atoms with Crippen LogP contribution in [0.5, 0.6) is 0 Å². The molecule has 0 bridgehead atoms. The Hall–Kier alpha value is -1.58. The summed E-state index contributed by atoms with van der Waals surface area (Å²) in [5.41, 5.74) is 1.75. The molecule has 0 amide bonds. The highest BCUT2D eigenvalue weighted by Gasteiger charge is 2.12. The largest absolute Gasteiger partial charge is 0.478 e. The van der Waals surface area contributed by atoms with Gasteiger partial charge in [0.15, 0.2) is 0 Å². The van der Waals surface area contributed by atoms with E-state index >= 15 is 0 Å². The van der Waals surface area contributed by atoms with Crippen LogP contribution in [0.25, 0.3) is 0 Å². The van der Waals surface area contributed by atoms with Crippen LogP contribution in [0.1, 0.15) is 55.6 Å². The van der Waals surface area contributed by atoms with Crippen molar-refractivity contribution in [3.63, 3.8) is 0 Å². The molecule has 2 N–H and O–H groups in total. The zero-order valence-electron chi connectivity index (χ0n) is 12.1. The zero-order chi connectivity index (χ0) is 14.3. The van der Waals surface area contributed by atoms with Crippen LogP contribution in [0, 0.1) is 12.8 Å². The van der Waals surface area contributed by atoms with Crippen molar-refractivity contribution in [2.45, 2.75) is 46.5 Å². The molecule has 0 radical (unpaired) electrons. The van der Waals surface area contributed by atoms with Crippen molar-refractivity contribution in [3.05, 3.63) is 23.5 Å². The lowest BCUT2D eigenvalue weighted by Gasteiger charge is -2.17. The average molecular weight is 264 g/mol. The molecular weight excluding hydrogens is 240 g/mol. The van der Waals surface area contributed by atoms with Crippen LogP contribution in [-0.4, -0.2) is 22.6 Å². The van der Waals surface area contributed by atoms with Crippen LogP contribution in [0.15, 0.2) is 12.3 Å². The SMILES string of the molecule is CCCCC(CC)CNc1cc(C)ncc1C(=O)O. The molecule has 0 aliphatic heterocycles. The number of hydrogen-bond acceptors (Lipinski definition) is 3. The maximum Gasteiger partial charge on any atom is 0.339 e. The number of aromatic nitrogens is 1. The molecule has 1 unspecified atom stereocenters. The number of carboxylic acid groups (broad SMARTS) is 1. The number of aryl methyl sites for hydroxylation is 1. The molecule has 1 rings (SSSR count). The van der Waals surface area contributed by atoms with Gasteiger partial charge in [-0.2, -0.15) is 0 Å². The number of carboxylic acids is 1. The highest BCUT2D eigenvalue weighted by Crippen LogP contribution is 2.18. The van der Waals surface area contributed by atoms with Gasteiger partial charge in [-0.05, 0) is 25.3 Å². The van der Waals surface area contributed by atoms with Gasteiger partial charge < -0.3 is 10.4 Å². The van der Waals surface area contributed by atoms with Crippen molar-refractivity contribution >= 4 is 11.7 Å². The summed E-state index contributed by atoms with van der Waals surface area (Å²) in [7, 11) is 0.